The van der Waals surface area contributed by atoms with Gasteiger partial charge in [-0.3, -0.25) is 0 Å². The minimum atomic E-state index is -1.38. The third-order valence-corrected chi connectivity index (χ3v) is 1.33. The summed E-state index contributed by atoms with van der Waals surface area (Å²) in [6.07, 6.45) is 4.66. The number of hydrogen-bond acceptors (Lipinski definition) is 2. The summed E-state index contributed by atoms with van der Waals surface area (Å²) in [4.78, 5) is 0. The summed E-state index contributed by atoms with van der Waals surface area (Å²) in [5.41, 5.74) is 0. The largest absolute Gasteiger partial charge is 0.508 e. The van der Waals surface area contributed by atoms with Gasteiger partial charge in [-0.25, -0.2) is 0 Å². The van der Waals surface area contributed by atoms with Crippen LogP contribution < -0.4 is 0 Å². The molecule has 50 valence electrons. The molecule has 1 rings (SSSR count). The van der Waals surface area contributed by atoms with E-state index in [1.54, 1.807) is 6.08 Å². The van der Waals surface area contributed by atoms with Crippen LogP contribution in [0.3, 0.4) is 0 Å². The maximum atomic E-state index is 9.02. The molecule has 1 aliphatic carbocycles. The Balaban J connectivity index is 2.78. The molecule has 0 aromatic rings. The third kappa shape index (κ3) is 1.73. The van der Waals surface area contributed by atoms with Crippen molar-refractivity contribution < 1.29 is 10.2 Å². The van der Waals surface area contributed by atoms with Gasteiger partial charge in [-0.05, 0) is 6.08 Å². The summed E-state index contributed by atoms with van der Waals surface area (Å²) in [5.74, 6) is 0.0127. The van der Waals surface area contributed by atoms with Gasteiger partial charge in [0, 0.05) is 12.5 Å². The lowest BCUT2D eigenvalue weighted by molar-refractivity contribution is 0.175. The first-order valence-electron chi connectivity index (χ1n) is 2.60. The first kappa shape index (κ1) is 6.65. The molecule has 0 fully saturated rings. The minimum absolute atomic E-state index is 0.0127. The lowest BCUT2D eigenvalue weighted by Gasteiger charge is -2.16. The fourth-order valence-electron chi connectivity index (χ4n) is 0.679. The number of hydrogen-bond donors (Lipinski definition) is 2. The Labute approximate surface area is 58.1 Å². The highest BCUT2D eigenvalue weighted by atomic mass is 35.5. The second-order valence-electron chi connectivity index (χ2n) is 1.99. The summed E-state index contributed by atoms with van der Waals surface area (Å²) >= 11 is 5.43. The van der Waals surface area contributed by atoms with Crippen molar-refractivity contribution in [3.63, 3.8) is 0 Å². The molecule has 1 unspecified atom stereocenters. The summed E-state index contributed by atoms with van der Waals surface area (Å²) in [7, 11) is 0. The van der Waals surface area contributed by atoms with Crippen LogP contribution in [0.1, 0.15) is 6.42 Å². The lowest BCUT2D eigenvalue weighted by atomic mass is 10.1. The Bertz CT molecular complexity index is 170. The number of halogens is 1. The third-order valence-electron chi connectivity index (χ3n) is 1.06. The maximum absolute atomic E-state index is 9.02. The van der Waals surface area contributed by atoms with E-state index < -0.39 is 5.06 Å². The molecule has 3 heteroatoms. The molecule has 0 aromatic carbocycles. The van der Waals surface area contributed by atoms with Crippen molar-refractivity contribution in [2.45, 2.75) is 11.5 Å². The number of aliphatic hydroxyl groups excluding tert-OH is 1. The molecule has 0 amide bonds. The molecule has 0 spiro atoms. The van der Waals surface area contributed by atoms with Crippen LogP contribution in [0.5, 0.6) is 0 Å². The zero-order valence-electron chi connectivity index (χ0n) is 4.71. The van der Waals surface area contributed by atoms with E-state index in [1.165, 1.54) is 12.2 Å². The predicted molar refractivity (Wildman–Crippen MR) is 35.3 cm³/mol. The molecule has 0 saturated carbocycles. The van der Waals surface area contributed by atoms with Gasteiger partial charge in [-0.1, -0.05) is 17.7 Å². The van der Waals surface area contributed by atoms with E-state index in [0.29, 0.717) is 6.42 Å². The summed E-state index contributed by atoms with van der Waals surface area (Å²) in [6.45, 7) is 0. The van der Waals surface area contributed by atoms with Gasteiger partial charge in [-0.2, -0.15) is 0 Å². The van der Waals surface area contributed by atoms with Gasteiger partial charge in [0.2, 0.25) is 0 Å². The average Bonchev–Trinajstić information content (AvgIpc) is 1.60. The smallest absolute Gasteiger partial charge is 0.164 e. The fourth-order valence-corrected chi connectivity index (χ4v) is 0.879. The van der Waals surface area contributed by atoms with Crippen molar-refractivity contribution in [3.8, 4) is 0 Å². The van der Waals surface area contributed by atoms with Crippen molar-refractivity contribution in [1.29, 1.82) is 0 Å². The van der Waals surface area contributed by atoms with Crippen LogP contribution in [0.15, 0.2) is 24.0 Å². The standard InChI is InChI=1S/C6H7ClO2/c7-6(9)3-1-2-5(8)4-6/h1-2,4,8-9H,3H2. The lowest BCUT2D eigenvalue weighted by Crippen LogP contribution is -2.18. The van der Waals surface area contributed by atoms with Crippen molar-refractivity contribution in [2.24, 2.45) is 0 Å². The van der Waals surface area contributed by atoms with Crippen LogP contribution in [-0.2, 0) is 0 Å². The van der Waals surface area contributed by atoms with E-state index >= 15 is 0 Å². The molecule has 1 atom stereocenters. The van der Waals surface area contributed by atoms with Gasteiger partial charge < -0.3 is 10.2 Å². The van der Waals surface area contributed by atoms with E-state index in [0.717, 1.165) is 0 Å². The molecule has 0 radical (unpaired) electrons. The van der Waals surface area contributed by atoms with Crippen LogP contribution in [0, 0.1) is 0 Å². The Morgan fingerprint density at radius 2 is 2.33 bits per heavy atom. The van der Waals surface area contributed by atoms with Gasteiger partial charge in [0.15, 0.2) is 5.06 Å². The Morgan fingerprint density at radius 3 is 2.67 bits per heavy atom. The molecule has 0 heterocycles. The monoisotopic (exact) mass is 146 g/mol. The molecule has 1 aliphatic rings. The molecule has 9 heavy (non-hydrogen) atoms. The van der Waals surface area contributed by atoms with Crippen molar-refractivity contribution in [3.05, 3.63) is 24.0 Å². The first-order valence-corrected chi connectivity index (χ1v) is 2.98. The van der Waals surface area contributed by atoms with E-state index in [4.69, 9.17) is 21.8 Å². The molecular weight excluding hydrogens is 140 g/mol. The highest BCUT2D eigenvalue weighted by molar-refractivity contribution is 6.24. The fraction of sp³-hybridized carbons (Fsp3) is 0.333. The van der Waals surface area contributed by atoms with E-state index in [-0.39, 0.29) is 5.76 Å². The van der Waals surface area contributed by atoms with Crippen LogP contribution >= 0.6 is 11.6 Å². The second kappa shape index (κ2) is 2.05. The van der Waals surface area contributed by atoms with E-state index in [1.807, 2.05) is 0 Å². The molecular formula is C6H7ClO2. The zero-order chi connectivity index (χ0) is 6.91. The number of rotatable bonds is 0. The first-order chi connectivity index (χ1) is 4.10. The van der Waals surface area contributed by atoms with Crippen LogP contribution in [-0.4, -0.2) is 15.3 Å². The van der Waals surface area contributed by atoms with Crippen LogP contribution in [0.4, 0.5) is 0 Å². The van der Waals surface area contributed by atoms with Crippen LogP contribution in [0.2, 0.25) is 0 Å². The van der Waals surface area contributed by atoms with Gasteiger partial charge in [-0.15, -0.1) is 0 Å². The molecule has 0 bridgehead atoms. The topological polar surface area (TPSA) is 40.5 Å². The summed E-state index contributed by atoms with van der Waals surface area (Å²) in [6, 6.07) is 0. The number of allylic oxidation sites excluding steroid dienone is 1. The van der Waals surface area contributed by atoms with Crippen molar-refractivity contribution >= 4 is 11.6 Å². The van der Waals surface area contributed by atoms with Gasteiger partial charge in [0.25, 0.3) is 0 Å². The van der Waals surface area contributed by atoms with E-state index in [2.05, 4.69) is 0 Å². The highest BCUT2D eigenvalue weighted by Gasteiger charge is 2.21. The minimum Gasteiger partial charge on any atom is -0.508 e. The molecule has 0 aliphatic heterocycles. The van der Waals surface area contributed by atoms with Crippen LogP contribution in [0.25, 0.3) is 0 Å². The summed E-state index contributed by atoms with van der Waals surface area (Å²) < 4.78 is 0. The van der Waals surface area contributed by atoms with Gasteiger partial charge in [0.05, 0.1) is 0 Å². The predicted octanol–water partition coefficient (Wildman–Crippen LogP) is 1.32. The van der Waals surface area contributed by atoms with Gasteiger partial charge in [0.1, 0.15) is 5.76 Å². The van der Waals surface area contributed by atoms with Crippen molar-refractivity contribution in [1.82, 2.24) is 0 Å². The van der Waals surface area contributed by atoms with Crippen molar-refractivity contribution in [2.75, 3.05) is 0 Å². The SMILES string of the molecule is OC1=CC(O)(Cl)CC=C1. The molecule has 0 saturated heterocycles. The normalized spacial score (nSPS) is 34.2. The Kier molecular flexibility index (Phi) is 1.51. The second-order valence-corrected chi connectivity index (χ2v) is 2.65. The number of aliphatic hydroxyl groups is 2. The van der Waals surface area contributed by atoms with E-state index in [9.17, 15) is 0 Å². The molecule has 2 N–H and O–H groups in total. The number of alkyl halides is 1. The summed E-state index contributed by atoms with van der Waals surface area (Å²) in [5, 5.41) is 16.4. The quantitative estimate of drug-likeness (QED) is 0.506. The Morgan fingerprint density at radius 1 is 1.67 bits per heavy atom. The average molecular weight is 147 g/mol. The zero-order valence-corrected chi connectivity index (χ0v) is 5.47. The maximum Gasteiger partial charge on any atom is 0.164 e. The molecule has 0 aromatic heterocycles. The van der Waals surface area contributed by atoms with Gasteiger partial charge >= 0.3 is 0 Å². The molecule has 2 nitrogen and oxygen atoms in total. The Hall–Kier alpha value is -0.470. The highest BCUT2D eigenvalue weighted by Crippen LogP contribution is 2.23.